The number of ether oxygens (including phenoxy) is 2. The van der Waals surface area contributed by atoms with Gasteiger partial charge < -0.3 is 29.4 Å². The van der Waals surface area contributed by atoms with Gasteiger partial charge in [-0.2, -0.15) is 0 Å². The summed E-state index contributed by atoms with van der Waals surface area (Å²) >= 11 is 0. The third-order valence-corrected chi connectivity index (χ3v) is 5.14. The predicted octanol–water partition coefficient (Wildman–Crippen LogP) is 0.309. The number of nitrogens with one attached hydrogen (secondary N) is 3. The van der Waals surface area contributed by atoms with Crippen LogP contribution in [0.25, 0.3) is 0 Å². The summed E-state index contributed by atoms with van der Waals surface area (Å²) < 4.78 is 15.8. The Bertz CT molecular complexity index is 773. The molecule has 1 fully saturated rings. The molecule has 2 amide bonds. The molecule has 3 heterocycles. The van der Waals surface area contributed by atoms with Crippen LogP contribution in [0, 0.1) is 5.92 Å². The summed E-state index contributed by atoms with van der Waals surface area (Å²) in [6.45, 7) is 5.92. The summed E-state index contributed by atoms with van der Waals surface area (Å²) in [5.74, 6) is -0.413. The van der Waals surface area contributed by atoms with Crippen molar-refractivity contribution in [1.29, 1.82) is 0 Å². The summed E-state index contributed by atoms with van der Waals surface area (Å²) in [7, 11) is 0. The molecule has 2 aliphatic rings. The van der Waals surface area contributed by atoms with Crippen LogP contribution in [0.5, 0.6) is 0 Å². The molecule has 1 aromatic rings. The van der Waals surface area contributed by atoms with Crippen LogP contribution < -0.4 is 15.5 Å². The van der Waals surface area contributed by atoms with Crippen LogP contribution in [0.4, 0.5) is 4.79 Å². The van der Waals surface area contributed by atoms with Gasteiger partial charge in [0.2, 0.25) is 0 Å². The number of amides is 2. The fourth-order valence-corrected chi connectivity index (χ4v) is 3.90. The van der Waals surface area contributed by atoms with Gasteiger partial charge in [-0.05, 0) is 38.8 Å². The van der Waals surface area contributed by atoms with Gasteiger partial charge in [-0.3, -0.25) is 4.79 Å². The van der Waals surface area contributed by atoms with Crippen LogP contribution in [-0.4, -0.2) is 50.8 Å². The largest absolute Gasteiger partial charge is 0.467 e. The Kier molecular flexibility index (Phi) is 6.92. The Labute approximate surface area is 169 Å². The van der Waals surface area contributed by atoms with E-state index in [1.165, 1.54) is 6.26 Å². The average molecular weight is 406 g/mol. The minimum absolute atomic E-state index is 0.177. The Morgan fingerprint density at radius 2 is 2.07 bits per heavy atom. The molecular formula is C20H28N3O6+. The number of carbonyl (C=O) groups is 3. The standard InChI is InChI=1S/C20H27N3O6/c1-3-27-18(24)13-7-5-9-23(11-13)12-14-16(19(25)28-4-2)17(22-20(26)21-14)15-8-6-10-29-15/h6,8,10,13,17H,3-5,7,9,11-12H2,1-2H3,(H2,21,22,26)/p+1/t13-,17+/m1/s1. The first kappa shape index (κ1) is 20.9. The molecule has 158 valence electrons. The molecular weight excluding hydrogens is 378 g/mol. The quantitative estimate of drug-likeness (QED) is 0.562. The van der Waals surface area contributed by atoms with Gasteiger partial charge in [-0.1, -0.05) is 0 Å². The summed E-state index contributed by atoms with van der Waals surface area (Å²) in [5.41, 5.74) is 0.820. The van der Waals surface area contributed by atoms with Crippen LogP contribution in [-0.2, 0) is 19.1 Å². The van der Waals surface area contributed by atoms with Crippen LogP contribution in [0.15, 0.2) is 34.1 Å². The number of quaternary nitrogens is 1. The lowest BCUT2D eigenvalue weighted by atomic mass is 9.96. The minimum atomic E-state index is -0.724. The Balaban J connectivity index is 1.86. The second kappa shape index (κ2) is 9.60. The van der Waals surface area contributed by atoms with E-state index in [2.05, 4.69) is 10.6 Å². The van der Waals surface area contributed by atoms with E-state index < -0.39 is 18.0 Å². The van der Waals surface area contributed by atoms with Crippen molar-refractivity contribution in [3.05, 3.63) is 35.4 Å². The van der Waals surface area contributed by atoms with Crippen LogP contribution in [0.3, 0.4) is 0 Å². The van der Waals surface area contributed by atoms with Crippen molar-refractivity contribution in [3.63, 3.8) is 0 Å². The van der Waals surface area contributed by atoms with E-state index in [4.69, 9.17) is 13.9 Å². The summed E-state index contributed by atoms with van der Waals surface area (Å²) in [6.07, 6.45) is 3.15. The van der Waals surface area contributed by atoms with E-state index in [-0.39, 0.29) is 18.5 Å². The lowest BCUT2D eigenvalue weighted by Gasteiger charge is -2.32. The molecule has 29 heavy (non-hydrogen) atoms. The smallest absolute Gasteiger partial charge is 0.338 e. The zero-order chi connectivity index (χ0) is 20.8. The molecule has 3 rings (SSSR count). The van der Waals surface area contributed by atoms with E-state index in [0.717, 1.165) is 24.3 Å². The first-order valence-electron chi connectivity index (χ1n) is 10.0. The van der Waals surface area contributed by atoms with E-state index >= 15 is 0 Å². The molecule has 0 aliphatic carbocycles. The molecule has 2 aliphatic heterocycles. The fraction of sp³-hybridized carbons (Fsp3) is 0.550. The molecule has 1 aromatic heterocycles. The topological polar surface area (TPSA) is 111 Å². The van der Waals surface area contributed by atoms with Gasteiger partial charge in [0.15, 0.2) is 0 Å². The van der Waals surface area contributed by atoms with Crippen LogP contribution >= 0.6 is 0 Å². The maximum absolute atomic E-state index is 12.7. The van der Waals surface area contributed by atoms with E-state index in [0.29, 0.717) is 36.7 Å². The van der Waals surface area contributed by atoms with Gasteiger partial charge in [0.1, 0.15) is 24.3 Å². The number of furan rings is 1. The Morgan fingerprint density at radius 3 is 2.76 bits per heavy atom. The summed E-state index contributed by atoms with van der Waals surface area (Å²) in [5, 5.41) is 5.50. The van der Waals surface area contributed by atoms with Gasteiger partial charge in [0, 0.05) is 0 Å². The second-order valence-electron chi connectivity index (χ2n) is 7.13. The number of hydrogen-bond donors (Lipinski definition) is 3. The number of esters is 2. The summed E-state index contributed by atoms with van der Waals surface area (Å²) in [4.78, 5) is 38.2. The molecule has 9 nitrogen and oxygen atoms in total. The van der Waals surface area contributed by atoms with Crippen LogP contribution in [0.2, 0.25) is 0 Å². The number of hydrogen-bond acceptors (Lipinski definition) is 6. The van der Waals surface area contributed by atoms with E-state index in [9.17, 15) is 14.4 Å². The molecule has 3 atom stereocenters. The average Bonchev–Trinajstić information content (AvgIpc) is 3.23. The highest BCUT2D eigenvalue weighted by Gasteiger charge is 2.38. The normalized spacial score (nSPS) is 24.5. The fourth-order valence-electron chi connectivity index (χ4n) is 3.90. The van der Waals surface area contributed by atoms with Crippen molar-refractivity contribution in [1.82, 2.24) is 10.6 Å². The van der Waals surface area contributed by atoms with Gasteiger partial charge in [-0.15, -0.1) is 0 Å². The maximum atomic E-state index is 12.7. The Morgan fingerprint density at radius 1 is 1.28 bits per heavy atom. The van der Waals surface area contributed by atoms with Crippen LogP contribution in [0.1, 0.15) is 38.5 Å². The highest BCUT2D eigenvalue weighted by molar-refractivity contribution is 5.95. The van der Waals surface area contributed by atoms with Crippen molar-refractivity contribution < 1.29 is 33.2 Å². The molecule has 1 saturated heterocycles. The number of likely N-dealkylation sites (tertiary alicyclic amines) is 1. The minimum Gasteiger partial charge on any atom is -0.467 e. The summed E-state index contributed by atoms with van der Waals surface area (Å²) in [6, 6.07) is 2.27. The van der Waals surface area contributed by atoms with E-state index in [1.807, 2.05) is 0 Å². The second-order valence-corrected chi connectivity index (χ2v) is 7.13. The van der Waals surface area contributed by atoms with Crippen molar-refractivity contribution in [3.8, 4) is 0 Å². The predicted molar refractivity (Wildman–Crippen MR) is 102 cm³/mol. The first-order valence-corrected chi connectivity index (χ1v) is 10.0. The molecule has 3 N–H and O–H groups in total. The number of piperidine rings is 1. The number of rotatable bonds is 7. The number of carbonyl (C=O) groups excluding carboxylic acids is 3. The zero-order valence-electron chi connectivity index (χ0n) is 16.8. The molecule has 0 spiro atoms. The molecule has 1 unspecified atom stereocenters. The highest BCUT2D eigenvalue weighted by Crippen LogP contribution is 2.27. The van der Waals surface area contributed by atoms with E-state index in [1.54, 1.807) is 26.0 Å². The molecule has 0 saturated carbocycles. The molecule has 0 radical (unpaired) electrons. The molecule has 0 aromatic carbocycles. The molecule has 0 bridgehead atoms. The monoisotopic (exact) mass is 406 g/mol. The van der Waals surface area contributed by atoms with Gasteiger partial charge in [-0.25, -0.2) is 9.59 Å². The Hall–Kier alpha value is -2.81. The third kappa shape index (κ3) is 4.97. The van der Waals surface area contributed by atoms with Crippen molar-refractivity contribution in [2.24, 2.45) is 5.92 Å². The van der Waals surface area contributed by atoms with Gasteiger partial charge in [0.25, 0.3) is 0 Å². The van der Waals surface area contributed by atoms with Crippen molar-refractivity contribution in [2.45, 2.75) is 32.7 Å². The number of urea groups is 1. The van der Waals surface area contributed by atoms with Crippen molar-refractivity contribution >= 4 is 18.0 Å². The SMILES string of the molecule is CCOC(=O)C1=C(C[NH+]2CCC[C@@H](C(=O)OCC)C2)NC(=O)N[C@H]1c1ccco1. The molecule has 9 heteroatoms. The van der Waals surface area contributed by atoms with Gasteiger partial charge >= 0.3 is 18.0 Å². The lowest BCUT2D eigenvalue weighted by molar-refractivity contribution is -0.903. The first-order chi connectivity index (χ1) is 14.0. The van der Waals surface area contributed by atoms with Crippen molar-refractivity contribution in [2.75, 3.05) is 32.8 Å². The highest BCUT2D eigenvalue weighted by atomic mass is 16.5. The lowest BCUT2D eigenvalue weighted by Crippen LogP contribution is -3.14. The van der Waals surface area contributed by atoms with Gasteiger partial charge in [0.05, 0.1) is 43.8 Å². The zero-order valence-corrected chi connectivity index (χ0v) is 16.8. The maximum Gasteiger partial charge on any atom is 0.338 e. The third-order valence-electron chi connectivity index (χ3n) is 5.14.